The summed E-state index contributed by atoms with van der Waals surface area (Å²) < 4.78 is 9.91. The first-order chi connectivity index (χ1) is 10.2. The molecule has 0 aliphatic heterocycles. The molecule has 0 spiro atoms. The van der Waals surface area contributed by atoms with Crippen molar-refractivity contribution in [3.05, 3.63) is 71.7 Å². The molecule has 2 aromatic rings. The van der Waals surface area contributed by atoms with Gasteiger partial charge in [-0.05, 0) is 30.4 Å². The number of benzene rings is 1. The zero-order valence-corrected chi connectivity index (χ0v) is 11.5. The Bertz CT molecular complexity index is 678. The molecular formula is C17H14O4. The number of hydrogen-bond donors (Lipinski definition) is 0. The summed E-state index contributed by atoms with van der Waals surface area (Å²) in [5, 5.41) is 0. The van der Waals surface area contributed by atoms with Crippen molar-refractivity contribution in [3.63, 3.8) is 0 Å². The number of rotatable bonds is 5. The fourth-order valence-corrected chi connectivity index (χ4v) is 1.62. The van der Waals surface area contributed by atoms with E-state index in [9.17, 15) is 9.59 Å². The van der Waals surface area contributed by atoms with E-state index in [2.05, 4.69) is 4.74 Å². The van der Waals surface area contributed by atoms with Gasteiger partial charge in [0.25, 0.3) is 0 Å². The number of esters is 1. The van der Waals surface area contributed by atoms with Crippen molar-refractivity contribution >= 4 is 23.9 Å². The van der Waals surface area contributed by atoms with Gasteiger partial charge < -0.3 is 9.15 Å². The first kappa shape index (κ1) is 14.5. The fourth-order valence-electron chi connectivity index (χ4n) is 1.62. The molecule has 1 aromatic carbocycles. The Labute approximate surface area is 122 Å². The summed E-state index contributed by atoms with van der Waals surface area (Å²) in [6.45, 7) is 0. The van der Waals surface area contributed by atoms with E-state index in [-0.39, 0.29) is 5.78 Å². The molecule has 106 valence electrons. The van der Waals surface area contributed by atoms with Crippen LogP contribution >= 0.6 is 0 Å². The predicted octanol–water partition coefficient (Wildman–Crippen LogP) is 3.36. The Hall–Kier alpha value is -2.88. The molecule has 0 radical (unpaired) electrons. The minimum absolute atomic E-state index is 0.0985. The molecule has 2 rings (SSSR count). The molecule has 0 N–H and O–H groups in total. The molecular weight excluding hydrogens is 268 g/mol. The summed E-state index contributed by atoms with van der Waals surface area (Å²) >= 11 is 0. The molecule has 1 heterocycles. The number of ketones is 1. The van der Waals surface area contributed by atoms with Crippen LogP contribution in [0.4, 0.5) is 0 Å². The van der Waals surface area contributed by atoms with Crippen LogP contribution in [-0.4, -0.2) is 18.9 Å². The minimum atomic E-state index is -0.456. The number of methoxy groups -OCH3 is 1. The average Bonchev–Trinajstić information content (AvgIpc) is 2.99. The SMILES string of the molecule is COC(=O)/C=C/c1ccc(/C=C/C(=O)c2ccccc2)o1. The van der Waals surface area contributed by atoms with Crippen LogP contribution in [0, 0.1) is 0 Å². The van der Waals surface area contributed by atoms with E-state index in [0.717, 1.165) is 0 Å². The molecule has 1 aromatic heterocycles. The van der Waals surface area contributed by atoms with Gasteiger partial charge in [0.05, 0.1) is 7.11 Å². The van der Waals surface area contributed by atoms with Gasteiger partial charge in [0.2, 0.25) is 0 Å². The number of furan rings is 1. The molecule has 0 amide bonds. The van der Waals surface area contributed by atoms with Crippen LogP contribution in [0.15, 0.2) is 59.0 Å². The van der Waals surface area contributed by atoms with Crippen molar-refractivity contribution in [2.24, 2.45) is 0 Å². The quantitative estimate of drug-likeness (QED) is 0.479. The normalized spacial score (nSPS) is 11.1. The van der Waals surface area contributed by atoms with E-state index in [1.165, 1.54) is 25.3 Å². The highest BCUT2D eigenvalue weighted by molar-refractivity contribution is 6.06. The van der Waals surface area contributed by atoms with Crippen molar-refractivity contribution in [1.82, 2.24) is 0 Å². The van der Waals surface area contributed by atoms with Crippen molar-refractivity contribution in [1.29, 1.82) is 0 Å². The number of hydrogen-bond acceptors (Lipinski definition) is 4. The maximum absolute atomic E-state index is 11.9. The molecule has 0 saturated carbocycles. The predicted molar refractivity (Wildman–Crippen MR) is 79.6 cm³/mol. The van der Waals surface area contributed by atoms with Crippen LogP contribution in [0.5, 0.6) is 0 Å². The second-order valence-electron chi connectivity index (χ2n) is 4.16. The molecule has 0 aliphatic carbocycles. The average molecular weight is 282 g/mol. The lowest BCUT2D eigenvalue weighted by atomic mass is 10.1. The smallest absolute Gasteiger partial charge is 0.330 e. The van der Waals surface area contributed by atoms with Crippen molar-refractivity contribution in [2.75, 3.05) is 7.11 Å². The minimum Gasteiger partial charge on any atom is -0.466 e. The van der Waals surface area contributed by atoms with Gasteiger partial charge in [0, 0.05) is 11.6 Å². The van der Waals surface area contributed by atoms with Gasteiger partial charge in [-0.3, -0.25) is 4.79 Å². The topological polar surface area (TPSA) is 56.5 Å². The van der Waals surface area contributed by atoms with Crippen molar-refractivity contribution < 1.29 is 18.7 Å². The van der Waals surface area contributed by atoms with E-state index in [0.29, 0.717) is 17.1 Å². The van der Waals surface area contributed by atoms with Crippen LogP contribution in [0.3, 0.4) is 0 Å². The highest BCUT2D eigenvalue weighted by atomic mass is 16.5. The van der Waals surface area contributed by atoms with Gasteiger partial charge in [-0.2, -0.15) is 0 Å². The van der Waals surface area contributed by atoms with Crippen molar-refractivity contribution in [2.45, 2.75) is 0 Å². The lowest BCUT2D eigenvalue weighted by molar-refractivity contribution is -0.134. The second kappa shape index (κ2) is 7.05. The van der Waals surface area contributed by atoms with Crippen molar-refractivity contribution in [3.8, 4) is 0 Å². The number of carbonyl (C=O) groups excluding carboxylic acids is 2. The Balaban J connectivity index is 2.02. The second-order valence-corrected chi connectivity index (χ2v) is 4.16. The molecule has 0 aliphatic rings. The summed E-state index contributed by atoms with van der Waals surface area (Å²) in [6.07, 6.45) is 5.80. The van der Waals surface area contributed by atoms with Gasteiger partial charge >= 0.3 is 5.97 Å². The fraction of sp³-hybridized carbons (Fsp3) is 0.0588. The van der Waals surface area contributed by atoms with E-state index in [1.807, 2.05) is 18.2 Å². The summed E-state index contributed by atoms with van der Waals surface area (Å²) in [7, 11) is 1.30. The lowest BCUT2D eigenvalue weighted by Gasteiger charge is -1.93. The third kappa shape index (κ3) is 4.31. The van der Waals surface area contributed by atoms with Gasteiger partial charge in [0.15, 0.2) is 5.78 Å². The molecule has 21 heavy (non-hydrogen) atoms. The van der Waals surface area contributed by atoms with Gasteiger partial charge in [-0.25, -0.2) is 4.79 Å². The Kier molecular flexibility index (Phi) is 4.88. The molecule has 4 nitrogen and oxygen atoms in total. The maximum atomic E-state index is 11.9. The highest BCUT2D eigenvalue weighted by Crippen LogP contribution is 2.12. The van der Waals surface area contributed by atoms with Crippen LogP contribution in [0.25, 0.3) is 12.2 Å². The van der Waals surface area contributed by atoms with E-state index in [1.54, 1.807) is 30.3 Å². The third-order valence-electron chi connectivity index (χ3n) is 2.69. The first-order valence-electron chi connectivity index (χ1n) is 6.32. The molecule has 0 saturated heterocycles. The highest BCUT2D eigenvalue weighted by Gasteiger charge is 2.01. The Morgan fingerprint density at radius 1 is 0.952 bits per heavy atom. The monoisotopic (exact) mass is 282 g/mol. The molecule has 0 atom stereocenters. The summed E-state index contributed by atoms with van der Waals surface area (Å²) in [5.41, 5.74) is 0.617. The van der Waals surface area contributed by atoms with Gasteiger partial charge in [-0.1, -0.05) is 30.3 Å². The first-order valence-corrected chi connectivity index (χ1v) is 6.32. The number of carbonyl (C=O) groups is 2. The van der Waals surface area contributed by atoms with Crippen LogP contribution in [0.1, 0.15) is 21.9 Å². The molecule has 0 fully saturated rings. The Morgan fingerprint density at radius 3 is 2.19 bits per heavy atom. The van der Waals surface area contributed by atoms with Crippen LogP contribution in [-0.2, 0) is 9.53 Å². The van der Waals surface area contributed by atoms with E-state index < -0.39 is 5.97 Å². The van der Waals surface area contributed by atoms with E-state index in [4.69, 9.17) is 4.42 Å². The number of allylic oxidation sites excluding steroid dienone is 1. The van der Waals surface area contributed by atoms with Crippen LogP contribution < -0.4 is 0 Å². The number of ether oxygens (including phenoxy) is 1. The van der Waals surface area contributed by atoms with E-state index >= 15 is 0 Å². The summed E-state index contributed by atoms with van der Waals surface area (Å²) in [4.78, 5) is 22.8. The summed E-state index contributed by atoms with van der Waals surface area (Å²) in [5.74, 6) is 0.484. The van der Waals surface area contributed by atoms with Gasteiger partial charge in [-0.15, -0.1) is 0 Å². The zero-order valence-electron chi connectivity index (χ0n) is 11.5. The molecule has 0 unspecified atom stereocenters. The molecule has 4 heteroatoms. The Morgan fingerprint density at radius 2 is 1.57 bits per heavy atom. The standard InChI is InChI=1S/C17H14O4/c1-20-17(19)12-10-15-8-7-14(21-15)9-11-16(18)13-5-3-2-4-6-13/h2-12H,1H3/b11-9+,12-10+. The van der Waals surface area contributed by atoms with Gasteiger partial charge in [0.1, 0.15) is 11.5 Å². The zero-order chi connectivity index (χ0) is 15.1. The summed E-state index contributed by atoms with van der Waals surface area (Å²) in [6, 6.07) is 12.4. The lowest BCUT2D eigenvalue weighted by Crippen LogP contribution is -1.92. The third-order valence-corrected chi connectivity index (χ3v) is 2.69. The van der Waals surface area contributed by atoms with Crippen LogP contribution in [0.2, 0.25) is 0 Å². The maximum Gasteiger partial charge on any atom is 0.330 e. The largest absolute Gasteiger partial charge is 0.466 e. The molecule has 0 bridgehead atoms.